The summed E-state index contributed by atoms with van der Waals surface area (Å²) in [5, 5.41) is 183. The van der Waals surface area contributed by atoms with Crippen molar-refractivity contribution in [3.63, 3.8) is 0 Å². The van der Waals surface area contributed by atoms with Gasteiger partial charge in [-0.2, -0.15) is 0 Å². The highest BCUT2D eigenvalue weighted by Crippen LogP contribution is 2.28. The fraction of sp³-hybridized carbons (Fsp3) is 0. The second-order valence-electron chi connectivity index (χ2n) is 20.9. The Labute approximate surface area is 740 Å². The van der Waals surface area contributed by atoms with Gasteiger partial charge in [0.05, 0.1) is 49.2 Å². The highest BCUT2D eigenvalue weighted by molar-refractivity contribution is 7.43. The van der Waals surface area contributed by atoms with Gasteiger partial charge in [-0.1, -0.05) is 0 Å². The lowest BCUT2D eigenvalue weighted by Crippen LogP contribution is -2.07. The van der Waals surface area contributed by atoms with Crippen molar-refractivity contribution in [1.82, 2.24) is 0 Å². The molecule has 0 unspecified atom stereocenters. The molecule has 0 aliphatic carbocycles. The summed E-state index contributed by atoms with van der Waals surface area (Å²) in [6.45, 7) is 0. The maximum absolute atomic E-state index is 10.1. The maximum Gasteiger partial charge on any atom is 0.385 e. The summed E-state index contributed by atoms with van der Waals surface area (Å²) in [7, 11) is -28.2. The molecule has 0 bridgehead atoms. The summed E-state index contributed by atoms with van der Waals surface area (Å²) in [6, 6.07) is 52.6. The van der Waals surface area contributed by atoms with Crippen LogP contribution < -0.4 is 48.9 Å². The van der Waals surface area contributed by atoms with E-state index in [9.17, 15) is 122 Å². The van der Waals surface area contributed by atoms with Gasteiger partial charge >= 0.3 is 56.9 Å². The van der Waals surface area contributed by atoms with E-state index < -0.39 is 88.8 Å². The zero-order valence-corrected chi connectivity index (χ0v) is 69.4. The van der Waals surface area contributed by atoms with Crippen molar-refractivity contribution in [3.8, 4) is 0 Å². The fourth-order valence-electron chi connectivity index (χ4n) is 6.41. The second-order valence-corrected chi connectivity index (χ2v) is 25.2. The van der Waals surface area contributed by atoms with Crippen LogP contribution in [0.2, 0.25) is 0 Å². The van der Waals surface area contributed by atoms with Crippen LogP contribution in [-0.2, 0) is 22.8 Å². The highest BCUT2D eigenvalue weighted by Gasteiger charge is 2.17. The van der Waals surface area contributed by atoms with E-state index in [1.165, 1.54) is 243 Å². The first-order valence-corrected chi connectivity index (χ1v) is 39.1. The Morgan fingerprint density at radius 1 is 0.156 bits per heavy atom. The van der Waals surface area contributed by atoms with Crippen molar-refractivity contribution in [2.75, 3.05) is 0 Å². The largest absolute Gasteiger partial charge is 0.786 e. The molecule has 65 nitrogen and oxygen atoms in total. The number of nitrogens with zero attached hydrogens (tertiary/aromatic N) is 30. The highest BCUT2D eigenvalue weighted by atomic mass is 31.2. The van der Waals surface area contributed by atoms with Crippen LogP contribution in [0.4, 0.5) is 135 Å². The molecule has 75 heteroatoms. The third kappa shape index (κ3) is 73.7. The van der Waals surface area contributed by atoms with Crippen LogP contribution >= 0.6 is 39.5 Å². The van der Waals surface area contributed by atoms with E-state index in [-0.39, 0.29) is 56.9 Å². The molecule has 0 fully saturated rings. The van der Waals surface area contributed by atoms with E-state index in [2.05, 4.69) is 49.8 Å². The minimum absolute atomic E-state index is 0.0163. The number of nitro groups is 10. The standard InChI is InChI=1S/10C6H4N3O2.5FH2O3P/c10*7-8-5-1-3-6(4-2-5)9(10)11;5*1-5(2,3)4/h10*1-4H;5*(H2,2,3,4)/q10*+1;;;;;/p-10. The van der Waals surface area contributed by atoms with E-state index in [1.54, 1.807) is 0 Å². The molecule has 10 aromatic rings. The van der Waals surface area contributed by atoms with Crippen molar-refractivity contribution in [2.24, 2.45) is 0 Å². The van der Waals surface area contributed by atoms with E-state index in [4.69, 9.17) is 126 Å². The number of halogens is 5. The van der Waals surface area contributed by atoms with Gasteiger partial charge in [-0.05, 0) is 0 Å². The molecule has 0 aliphatic rings. The molecule has 700 valence electrons. The number of non-ortho nitro benzene ring substituents is 10. The minimum Gasteiger partial charge on any atom is -0.786 e. The molecule has 0 heterocycles. The van der Waals surface area contributed by atoms with E-state index in [0.717, 1.165) is 0 Å². The third-order valence-electron chi connectivity index (χ3n) is 11.8. The van der Waals surface area contributed by atoms with Gasteiger partial charge in [-0.15, -0.1) is 0 Å². The molecule has 0 N–H and O–H groups in total. The third-order valence-corrected chi connectivity index (χ3v) is 11.8. The Hall–Kier alpha value is -19.2. The van der Waals surface area contributed by atoms with Crippen LogP contribution in [0.3, 0.4) is 0 Å². The van der Waals surface area contributed by atoms with E-state index in [1.807, 2.05) is 0 Å². The van der Waals surface area contributed by atoms with E-state index >= 15 is 0 Å². The number of rotatable bonds is 10. The molecule has 10 aromatic carbocycles. The lowest BCUT2D eigenvalue weighted by atomic mass is 10.3. The molecular weight excluding hydrogens is 1950 g/mol. The summed E-state index contributed by atoms with van der Waals surface area (Å²) in [6.07, 6.45) is 0. The maximum atomic E-state index is 10.1. The smallest absolute Gasteiger partial charge is 0.385 e. The minimum atomic E-state index is -5.64. The van der Waals surface area contributed by atoms with Crippen LogP contribution in [0.5, 0.6) is 0 Å². The molecular formula is C60H40F5N30O35P5. The molecule has 0 spiro atoms. The molecule has 0 radical (unpaired) electrons. The predicted octanol–water partition coefficient (Wildman–Crippen LogP) is 14.7. The van der Waals surface area contributed by atoms with Gasteiger partial charge in [0.15, 0.2) is 49.8 Å². The molecule has 10 rings (SSSR count). The molecule has 135 heavy (non-hydrogen) atoms. The Kier molecular flexibility index (Phi) is 60.2. The van der Waals surface area contributed by atoms with Crippen LogP contribution in [0.25, 0.3) is 49.8 Å². The molecule has 0 saturated heterocycles. The van der Waals surface area contributed by atoms with Crippen LogP contribution in [0, 0.1) is 155 Å². The average molecular weight is 1990 g/mol. The Morgan fingerprint density at radius 2 is 0.200 bits per heavy atom. The zero-order chi connectivity index (χ0) is 105. The van der Waals surface area contributed by atoms with Gasteiger partial charge < -0.3 is 71.8 Å². The Morgan fingerprint density at radius 3 is 0.230 bits per heavy atom. The normalized spacial score (nSPS) is 9.22. The second kappa shape index (κ2) is 65.4. The van der Waals surface area contributed by atoms with Crippen LogP contribution in [-0.4, -0.2) is 49.2 Å². The number of hydrogen-bond acceptors (Lipinski definition) is 45. The topological polar surface area (TPSA) is 1030 Å². The SMILES string of the molecule is N#[N+]c1ccc([N+](=O)[O-])cc1.N#[N+]c1ccc([N+](=O)[O-])cc1.N#[N+]c1ccc([N+](=O)[O-])cc1.N#[N+]c1ccc([N+](=O)[O-])cc1.N#[N+]c1ccc([N+](=O)[O-])cc1.N#[N+]c1ccc([N+](=O)[O-])cc1.N#[N+]c1ccc([N+](=O)[O-])cc1.N#[N+]c1ccc([N+](=O)[O-])cc1.N#[N+]c1ccc([N+](=O)[O-])cc1.N#[N+]c1ccc([N+](=O)[O-])cc1.O=P([O-])([O-])F.O=P([O-])([O-])F.O=P([O-])([O-])F.O=P([O-])([O-])F.O=P([O-])([O-])F. The van der Waals surface area contributed by atoms with Crippen LogP contribution in [0.1, 0.15) is 0 Å². The average Bonchev–Trinajstić information content (AvgIpc) is 0.958. The number of benzene rings is 10. The summed E-state index contributed by atoms with van der Waals surface area (Å²) in [4.78, 5) is 209. The van der Waals surface area contributed by atoms with Crippen molar-refractivity contribution in [1.29, 1.82) is 53.9 Å². The Bertz CT molecular complexity index is 5110. The van der Waals surface area contributed by atoms with Gasteiger partial charge in [0.2, 0.25) is 53.9 Å². The lowest BCUT2D eigenvalue weighted by Gasteiger charge is -2.15. The molecule has 0 amide bonds. The lowest BCUT2D eigenvalue weighted by molar-refractivity contribution is -0.385. The summed E-state index contributed by atoms with van der Waals surface area (Å²) < 4.78 is 92.8. The van der Waals surface area contributed by atoms with Gasteiger partial charge in [0.25, 0.3) is 56.9 Å². The summed E-state index contributed by atoms with van der Waals surface area (Å²) >= 11 is 0. The molecule has 0 atom stereocenters. The number of hydrogen-bond donors (Lipinski definition) is 0. The number of nitro benzene ring substituents is 10. The van der Waals surface area contributed by atoms with Gasteiger partial charge in [-0.25, -0.2) is 21.0 Å². The summed E-state index contributed by atoms with van der Waals surface area (Å²) in [5.41, 5.74) is 2.85. The Balaban J connectivity index is -0.000000451. The summed E-state index contributed by atoms with van der Waals surface area (Å²) in [5.74, 6) is 0. The van der Waals surface area contributed by atoms with Crippen molar-refractivity contribution in [3.05, 3.63) is 394 Å². The van der Waals surface area contributed by atoms with Crippen molar-refractivity contribution in [2.45, 2.75) is 0 Å². The van der Waals surface area contributed by atoms with Gasteiger partial charge in [0, 0.05) is 243 Å². The monoisotopic (exact) mass is 1990 g/mol. The first-order chi connectivity index (χ1) is 62.4. The first kappa shape index (κ1) is 124. The molecule has 0 aliphatic heterocycles. The molecule has 0 saturated carbocycles. The van der Waals surface area contributed by atoms with Crippen molar-refractivity contribution < 1.29 is 142 Å². The van der Waals surface area contributed by atoms with Crippen LogP contribution in [0.15, 0.2) is 243 Å². The quantitative estimate of drug-likeness (QED) is 0.0403. The van der Waals surface area contributed by atoms with Gasteiger partial charge in [-0.3, -0.25) is 101 Å². The predicted molar refractivity (Wildman–Crippen MR) is 422 cm³/mol. The van der Waals surface area contributed by atoms with Gasteiger partial charge in [0.1, 0.15) is 39.5 Å². The zero-order valence-electron chi connectivity index (χ0n) is 64.9. The van der Waals surface area contributed by atoms with E-state index in [0.29, 0.717) is 56.9 Å². The number of diazo groups is 10. The molecule has 0 aromatic heterocycles. The van der Waals surface area contributed by atoms with Crippen molar-refractivity contribution >= 4 is 153 Å². The fourth-order valence-corrected chi connectivity index (χ4v) is 6.41. The first-order valence-electron chi connectivity index (χ1n) is 31.9.